The SMILES string of the molecule is CCCCC1NC(CCC)N(CCCOC)C1=O. The van der Waals surface area contributed by atoms with Gasteiger partial charge >= 0.3 is 0 Å². The maximum absolute atomic E-state index is 12.3. The Morgan fingerprint density at radius 3 is 2.61 bits per heavy atom. The Balaban J connectivity index is 2.50. The lowest BCUT2D eigenvalue weighted by molar-refractivity contribution is -0.130. The van der Waals surface area contributed by atoms with Crippen LogP contribution in [0.2, 0.25) is 0 Å². The largest absolute Gasteiger partial charge is 0.385 e. The highest BCUT2D eigenvalue weighted by Crippen LogP contribution is 2.18. The van der Waals surface area contributed by atoms with Gasteiger partial charge in [0.25, 0.3) is 0 Å². The van der Waals surface area contributed by atoms with Crippen molar-refractivity contribution in [3.63, 3.8) is 0 Å². The van der Waals surface area contributed by atoms with Crippen LogP contribution < -0.4 is 5.32 Å². The predicted molar refractivity (Wildman–Crippen MR) is 73.4 cm³/mol. The van der Waals surface area contributed by atoms with Crippen molar-refractivity contribution in [2.75, 3.05) is 20.3 Å². The van der Waals surface area contributed by atoms with E-state index in [4.69, 9.17) is 4.74 Å². The highest BCUT2D eigenvalue weighted by atomic mass is 16.5. The molecule has 18 heavy (non-hydrogen) atoms. The van der Waals surface area contributed by atoms with E-state index in [1.165, 1.54) is 0 Å². The van der Waals surface area contributed by atoms with E-state index < -0.39 is 0 Å². The second-order valence-electron chi connectivity index (χ2n) is 5.04. The van der Waals surface area contributed by atoms with Crippen molar-refractivity contribution in [2.24, 2.45) is 0 Å². The molecule has 0 aromatic rings. The molecule has 1 aliphatic heterocycles. The van der Waals surface area contributed by atoms with Crippen LogP contribution in [-0.4, -0.2) is 43.3 Å². The molecule has 4 heteroatoms. The number of carbonyl (C=O) groups is 1. The van der Waals surface area contributed by atoms with Gasteiger partial charge in [0, 0.05) is 20.3 Å². The van der Waals surface area contributed by atoms with Crippen LogP contribution in [0.25, 0.3) is 0 Å². The predicted octanol–water partition coefficient (Wildman–Crippen LogP) is 2.14. The number of ether oxygens (including phenoxy) is 1. The highest BCUT2D eigenvalue weighted by molar-refractivity contribution is 5.84. The molecule has 2 unspecified atom stereocenters. The van der Waals surface area contributed by atoms with Crippen LogP contribution in [0.1, 0.15) is 52.4 Å². The summed E-state index contributed by atoms with van der Waals surface area (Å²) in [5, 5.41) is 3.49. The molecule has 106 valence electrons. The van der Waals surface area contributed by atoms with Gasteiger partial charge in [-0.05, 0) is 19.3 Å². The normalized spacial score (nSPS) is 23.9. The average Bonchev–Trinajstić information content (AvgIpc) is 2.65. The zero-order valence-electron chi connectivity index (χ0n) is 12.1. The van der Waals surface area contributed by atoms with Gasteiger partial charge in [-0.25, -0.2) is 0 Å². The molecule has 0 spiro atoms. The first kappa shape index (κ1) is 15.4. The lowest BCUT2D eigenvalue weighted by Gasteiger charge is -2.23. The van der Waals surface area contributed by atoms with Crippen LogP contribution in [0.5, 0.6) is 0 Å². The van der Waals surface area contributed by atoms with Gasteiger partial charge in [0.2, 0.25) is 5.91 Å². The van der Waals surface area contributed by atoms with Crippen molar-refractivity contribution in [2.45, 2.75) is 64.6 Å². The number of hydrogen-bond acceptors (Lipinski definition) is 3. The summed E-state index contributed by atoms with van der Waals surface area (Å²) in [4.78, 5) is 14.3. The number of carbonyl (C=O) groups excluding carboxylic acids is 1. The zero-order chi connectivity index (χ0) is 13.4. The molecule has 2 atom stereocenters. The molecule has 4 nitrogen and oxygen atoms in total. The summed E-state index contributed by atoms with van der Waals surface area (Å²) < 4.78 is 5.07. The van der Waals surface area contributed by atoms with Crippen molar-refractivity contribution in [1.82, 2.24) is 10.2 Å². The van der Waals surface area contributed by atoms with Crippen LogP contribution >= 0.6 is 0 Å². The van der Waals surface area contributed by atoms with E-state index >= 15 is 0 Å². The fraction of sp³-hybridized carbons (Fsp3) is 0.929. The summed E-state index contributed by atoms with van der Waals surface area (Å²) in [5.74, 6) is 0.290. The molecule has 1 rings (SSSR count). The van der Waals surface area contributed by atoms with Gasteiger partial charge < -0.3 is 9.64 Å². The van der Waals surface area contributed by atoms with Gasteiger partial charge in [0.1, 0.15) is 0 Å². The number of hydrogen-bond donors (Lipinski definition) is 1. The monoisotopic (exact) mass is 256 g/mol. The molecule has 1 fully saturated rings. The van der Waals surface area contributed by atoms with Crippen molar-refractivity contribution >= 4 is 5.91 Å². The fourth-order valence-electron chi connectivity index (χ4n) is 2.52. The fourth-order valence-corrected chi connectivity index (χ4v) is 2.52. The first-order valence-corrected chi connectivity index (χ1v) is 7.30. The molecule has 0 aromatic carbocycles. The summed E-state index contributed by atoms with van der Waals surface area (Å²) in [7, 11) is 1.71. The molecule has 1 N–H and O–H groups in total. The van der Waals surface area contributed by atoms with Crippen molar-refractivity contribution in [3.8, 4) is 0 Å². The minimum atomic E-state index is 0.0454. The van der Waals surface area contributed by atoms with Crippen LogP contribution in [0, 0.1) is 0 Å². The first-order valence-electron chi connectivity index (χ1n) is 7.30. The second-order valence-corrected chi connectivity index (χ2v) is 5.04. The maximum atomic E-state index is 12.3. The molecule has 0 aliphatic carbocycles. The van der Waals surface area contributed by atoms with Gasteiger partial charge in [-0.2, -0.15) is 0 Å². The molecule has 1 heterocycles. The number of unbranched alkanes of at least 4 members (excludes halogenated alkanes) is 1. The molecule has 1 saturated heterocycles. The van der Waals surface area contributed by atoms with Gasteiger partial charge in [0.15, 0.2) is 0 Å². The van der Waals surface area contributed by atoms with E-state index in [1.807, 2.05) is 4.90 Å². The van der Waals surface area contributed by atoms with Gasteiger partial charge in [-0.3, -0.25) is 10.1 Å². The summed E-state index contributed by atoms with van der Waals surface area (Å²) in [6.07, 6.45) is 6.54. The Hall–Kier alpha value is -0.610. The molecule has 0 aromatic heterocycles. The van der Waals surface area contributed by atoms with E-state index in [9.17, 15) is 4.79 Å². The van der Waals surface area contributed by atoms with Crippen LogP contribution in [0.15, 0.2) is 0 Å². The molecule has 0 saturated carbocycles. The molecule has 1 amide bonds. The maximum Gasteiger partial charge on any atom is 0.241 e. The third-order valence-electron chi connectivity index (χ3n) is 3.51. The van der Waals surface area contributed by atoms with Crippen LogP contribution in [-0.2, 0) is 9.53 Å². The van der Waals surface area contributed by atoms with Gasteiger partial charge in [-0.1, -0.05) is 33.1 Å². The van der Waals surface area contributed by atoms with Crippen LogP contribution in [0.3, 0.4) is 0 Å². The van der Waals surface area contributed by atoms with E-state index in [0.29, 0.717) is 0 Å². The Bertz CT molecular complexity index is 246. The van der Waals surface area contributed by atoms with E-state index in [1.54, 1.807) is 7.11 Å². The summed E-state index contributed by atoms with van der Waals surface area (Å²) in [5.41, 5.74) is 0. The number of methoxy groups -OCH3 is 1. The van der Waals surface area contributed by atoms with Crippen molar-refractivity contribution in [3.05, 3.63) is 0 Å². The van der Waals surface area contributed by atoms with Gasteiger partial charge in [-0.15, -0.1) is 0 Å². The Morgan fingerprint density at radius 1 is 1.22 bits per heavy atom. The molecule has 0 radical (unpaired) electrons. The topological polar surface area (TPSA) is 41.6 Å². The highest BCUT2D eigenvalue weighted by Gasteiger charge is 2.36. The van der Waals surface area contributed by atoms with E-state index in [-0.39, 0.29) is 18.1 Å². The summed E-state index contributed by atoms with van der Waals surface area (Å²) >= 11 is 0. The van der Waals surface area contributed by atoms with E-state index in [0.717, 1.165) is 51.7 Å². The average molecular weight is 256 g/mol. The van der Waals surface area contributed by atoms with Crippen molar-refractivity contribution in [1.29, 1.82) is 0 Å². The Labute approximate surface area is 111 Å². The molecular formula is C14H28N2O2. The van der Waals surface area contributed by atoms with E-state index in [2.05, 4.69) is 19.2 Å². The zero-order valence-corrected chi connectivity index (χ0v) is 12.1. The standard InChI is InChI=1S/C14H28N2O2/c1-4-6-9-12-14(17)16(10-7-11-18-3)13(15-12)8-5-2/h12-13,15H,4-11H2,1-3H3. The minimum absolute atomic E-state index is 0.0454. The summed E-state index contributed by atoms with van der Waals surface area (Å²) in [6, 6.07) is 0.0454. The quantitative estimate of drug-likeness (QED) is 0.643. The van der Waals surface area contributed by atoms with Crippen molar-refractivity contribution < 1.29 is 9.53 Å². The summed E-state index contributed by atoms with van der Waals surface area (Å²) in [6.45, 7) is 5.87. The minimum Gasteiger partial charge on any atom is -0.385 e. The molecule has 0 bridgehead atoms. The van der Waals surface area contributed by atoms with Crippen LogP contribution in [0.4, 0.5) is 0 Å². The first-order chi connectivity index (χ1) is 8.74. The molecular weight excluding hydrogens is 228 g/mol. The van der Waals surface area contributed by atoms with Gasteiger partial charge in [0.05, 0.1) is 12.2 Å². The second kappa shape index (κ2) is 8.48. The smallest absolute Gasteiger partial charge is 0.241 e. The number of nitrogens with zero attached hydrogens (tertiary/aromatic N) is 1. The lowest BCUT2D eigenvalue weighted by Crippen LogP contribution is -2.38. The third-order valence-corrected chi connectivity index (χ3v) is 3.51. The lowest BCUT2D eigenvalue weighted by atomic mass is 10.1. The Kier molecular flexibility index (Phi) is 7.28. The Morgan fingerprint density at radius 2 is 2.00 bits per heavy atom. The third kappa shape index (κ3) is 4.25. The molecule has 1 aliphatic rings. The number of nitrogens with one attached hydrogen (secondary N) is 1. The number of amides is 1. The number of rotatable bonds is 9.